The molecule has 0 nitrogen and oxygen atoms in total. The molecule has 0 aliphatic carbocycles. The molecule has 2 aromatic carbocycles. The Kier molecular flexibility index (Phi) is 3.43. The fourth-order valence-corrected chi connectivity index (χ4v) is 2.07. The summed E-state index contributed by atoms with van der Waals surface area (Å²) in [7, 11) is 0. The van der Waals surface area contributed by atoms with Crippen molar-refractivity contribution in [1.82, 2.24) is 0 Å². The molecule has 0 saturated carbocycles. The minimum Gasteiger partial charge on any atom is -0.207 e. The molecule has 0 bridgehead atoms. The number of rotatable bonds is 2. The highest BCUT2D eigenvalue weighted by molar-refractivity contribution is 6.33. The van der Waals surface area contributed by atoms with Crippen LogP contribution in [-0.2, 0) is 6.42 Å². The van der Waals surface area contributed by atoms with Crippen LogP contribution in [0.2, 0.25) is 5.02 Å². The van der Waals surface area contributed by atoms with Crippen molar-refractivity contribution in [1.29, 1.82) is 0 Å². The van der Waals surface area contributed by atoms with E-state index in [1.807, 2.05) is 25.1 Å². The molecule has 0 spiro atoms. The molecular formula is C14H11ClF2. The maximum absolute atomic E-state index is 13.7. The zero-order valence-corrected chi connectivity index (χ0v) is 10.1. The molecule has 0 aromatic heterocycles. The van der Waals surface area contributed by atoms with Crippen molar-refractivity contribution in [3.8, 4) is 11.1 Å². The lowest BCUT2D eigenvalue weighted by Crippen LogP contribution is -1.90. The van der Waals surface area contributed by atoms with Gasteiger partial charge >= 0.3 is 0 Å². The lowest BCUT2D eigenvalue weighted by molar-refractivity contribution is 0.586. The molecule has 0 saturated heterocycles. The molecule has 3 heteroatoms. The van der Waals surface area contributed by atoms with Crippen molar-refractivity contribution >= 4 is 11.6 Å². The van der Waals surface area contributed by atoms with Gasteiger partial charge in [-0.1, -0.05) is 42.8 Å². The topological polar surface area (TPSA) is 0 Å². The number of hydrogen-bond donors (Lipinski definition) is 0. The first-order valence-electron chi connectivity index (χ1n) is 5.35. The van der Waals surface area contributed by atoms with Gasteiger partial charge in [0.15, 0.2) is 0 Å². The molecule has 0 amide bonds. The molecule has 88 valence electrons. The lowest BCUT2D eigenvalue weighted by Gasteiger charge is -2.08. The SMILES string of the molecule is CCc1cccc(-c2c(F)cc(F)cc2Cl)c1. The summed E-state index contributed by atoms with van der Waals surface area (Å²) in [6.45, 7) is 2.02. The Hall–Kier alpha value is -1.41. The first kappa shape index (κ1) is 12.1. The highest BCUT2D eigenvalue weighted by Gasteiger charge is 2.12. The maximum atomic E-state index is 13.7. The quantitative estimate of drug-likeness (QED) is 0.717. The highest BCUT2D eigenvalue weighted by atomic mass is 35.5. The molecule has 0 radical (unpaired) electrons. The van der Waals surface area contributed by atoms with Crippen LogP contribution in [0.3, 0.4) is 0 Å². The van der Waals surface area contributed by atoms with E-state index in [9.17, 15) is 8.78 Å². The third kappa shape index (κ3) is 2.47. The second-order valence-corrected chi connectivity index (χ2v) is 4.21. The lowest BCUT2D eigenvalue weighted by atomic mass is 10.0. The van der Waals surface area contributed by atoms with Crippen molar-refractivity contribution in [2.75, 3.05) is 0 Å². The van der Waals surface area contributed by atoms with E-state index in [2.05, 4.69) is 0 Å². The Morgan fingerprint density at radius 1 is 1.12 bits per heavy atom. The largest absolute Gasteiger partial charge is 0.207 e. The molecular weight excluding hydrogens is 242 g/mol. The van der Waals surface area contributed by atoms with E-state index in [-0.39, 0.29) is 10.6 Å². The Balaban J connectivity index is 2.60. The van der Waals surface area contributed by atoms with Crippen LogP contribution in [0.25, 0.3) is 11.1 Å². The zero-order chi connectivity index (χ0) is 12.4. The number of benzene rings is 2. The summed E-state index contributed by atoms with van der Waals surface area (Å²) in [6, 6.07) is 9.40. The molecule has 17 heavy (non-hydrogen) atoms. The molecule has 0 aliphatic rings. The fourth-order valence-electron chi connectivity index (χ4n) is 1.76. The summed E-state index contributed by atoms with van der Waals surface area (Å²) < 4.78 is 26.7. The Morgan fingerprint density at radius 3 is 2.53 bits per heavy atom. The van der Waals surface area contributed by atoms with Crippen LogP contribution in [0.1, 0.15) is 12.5 Å². The minimum absolute atomic E-state index is 0.0933. The predicted octanol–water partition coefficient (Wildman–Crippen LogP) is 4.85. The Bertz CT molecular complexity index is 527. The van der Waals surface area contributed by atoms with E-state index in [0.29, 0.717) is 5.56 Å². The summed E-state index contributed by atoms with van der Waals surface area (Å²) in [5.41, 5.74) is 2.01. The van der Waals surface area contributed by atoms with Crippen molar-refractivity contribution in [3.05, 3.63) is 58.6 Å². The third-order valence-electron chi connectivity index (χ3n) is 2.63. The van der Waals surface area contributed by atoms with Crippen LogP contribution < -0.4 is 0 Å². The zero-order valence-electron chi connectivity index (χ0n) is 9.31. The van der Waals surface area contributed by atoms with Gasteiger partial charge in [0.05, 0.1) is 5.02 Å². The average molecular weight is 253 g/mol. The third-order valence-corrected chi connectivity index (χ3v) is 2.93. The summed E-state index contributed by atoms with van der Waals surface area (Å²) in [5.74, 6) is -1.30. The van der Waals surface area contributed by atoms with Gasteiger partial charge in [0.25, 0.3) is 0 Å². The van der Waals surface area contributed by atoms with E-state index in [1.54, 1.807) is 6.07 Å². The van der Waals surface area contributed by atoms with E-state index < -0.39 is 11.6 Å². The Morgan fingerprint density at radius 2 is 1.88 bits per heavy atom. The van der Waals surface area contributed by atoms with Gasteiger partial charge in [-0.15, -0.1) is 0 Å². The van der Waals surface area contributed by atoms with E-state index in [1.165, 1.54) is 0 Å². The summed E-state index contributed by atoms with van der Waals surface area (Å²) in [4.78, 5) is 0. The molecule has 0 heterocycles. The van der Waals surface area contributed by atoms with Gasteiger partial charge in [0, 0.05) is 11.6 Å². The average Bonchev–Trinajstić information content (AvgIpc) is 2.28. The molecule has 0 aliphatic heterocycles. The monoisotopic (exact) mass is 252 g/mol. The summed E-state index contributed by atoms with van der Waals surface area (Å²) in [5, 5.41) is 0.0933. The molecule has 0 atom stereocenters. The first-order chi connectivity index (χ1) is 8.11. The van der Waals surface area contributed by atoms with Gasteiger partial charge in [0.2, 0.25) is 0 Å². The van der Waals surface area contributed by atoms with Crippen molar-refractivity contribution in [3.63, 3.8) is 0 Å². The summed E-state index contributed by atoms with van der Waals surface area (Å²) >= 11 is 5.88. The van der Waals surface area contributed by atoms with Crippen LogP contribution in [-0.4, -0.2) is 0 Å². The molecule has 0 N–H and O–H groups in total. The minimum atomic E-state index is -0.664. The van der Waals surface area contributed by atoms with Crippen LogP contribution in [0, 0.1) is 11.6 Å². The van der Waals surface area contributed by atoms with E-state index in [0.717, 1.165) is 24.1 Å². The number of aryl methyl sites for hydroxylation is 1. The molecule has 0 fully saturated rings. The van der Waals surface area contributed by atoms with Crippen LogP contribution >= 0.6 is 11.6 Å². The van der Waals surface area contributed by atoms with Gasteiger partial charge < -0.3 is 0 Å². The van der Waals surface area contributed by atoms with E-state index >= 15 is 0 Å². The Labute approximate surface area is 104 Å². The first-order valence-corrected chi connectivity index (χ1v) is 5.73. The van der Waals surface area contributed by atoms with Gasteiger partial charge in [-0.25, -0.2) is 8.78 Å². The summed E-state index contributed by atoms with van der Waals surface area (Å²) in [6.07, 6.45) is 0.855. The normalized spacial score (nSPS) is 10.6. The standard InChI is InChI=1S/C14H11ClF2/c1-2-9-4-3-5-10(6-9)14-12(15)7-11(16)8-13(14)17/h3-8H,2H2,1H3. The second-order valence-electron chi connectivity index (χ2n) is 3.80. The number of halogens is 3. The van der Waals surface area contributed by atoms with Gasteiger partial charge in [-0.3, -0.25) is 0 Å². The highest BCUT2D eigenvalue weighted by Crippen LogP contribution is 2.31. The fraction of sp³-hybridized carbons (Fsp3) is 0.143. The molecule has 2 aromatic rings. The van der Waals surface area contributed by atoms with Crippen molar-refractivity contribution in [2.24, 2.45) is 0 Å². The van der Waals surface area contributed by atoms with Gasteiger partial charge in [-0.2, -0.15) is 0 Å². The van der Waals surface area contributed by atoms with Gasteiger partial charge in [0.1, 0.15) is 11.6 Å². The van der Waals surface area contributed by atoms with Crippen molar-refractivity contribution in [2.45, 2.75) is 13.3 Å². The van der Waals surface area contributed by atoms with E-state index in [4.69, 9.17) is 11.6 Å². The van der Waals surface area contributed by atoms with Crippen LogP contribution in [0.15, 0.2) is 36.4 Å². The maximum Gasteiger partial charge on any atom is 0.135 e. The smallest absolute Gasteiger partial charge is 0.135 e. The second kappa shape index (κ2) is 4.84. The van der Waals surface area contributed by atoms with Crippen LogP contribution in [0.5, 0.6) is 0 Å². The predicted molar refractivity (Wildman–Crippen MR) is 66.2 cm³/mol. The molecule has 2 rings (SSSR count). The van der Waals surface area contributed by atoms with Crippen LogP contribution in [0.4, 0.5) is 8.78 Å². The number of hydrogen-bond acceptors (Lipinski definition) is 0. The molecule has 0 unspecified atom stereocenters. The van der Waals surface area contributed by atoms with Crippen molar-refractivity contribution < 1.29 is 8.78 Å². The van der Waals surface area contributed by atoms with Gasteiger partial charge in [-0.05, 0) is 23.6 Å².